The molecule has 1 aromatic carbocycles. The third kappa shape index (κ3) is 5.21. The zero-order chi connectivity index (χ0) is 15.5. The Bertz CT molecular complexity index is 464. The fourth-order valence-electron chi connectivity index (χ4n) is 2.45. The predicted molar refractivity (Wildman–Crippen MR) is 75.3 cm³/mol. The van der Waals surface area contributed by atoms with Crippen LogP contribution in [0.5, 0.6) is 5.75 Å². The van der Waals surface area contributed by atoms with Crippen LogP contribution in [0.1, 0.15) is 19.4 Å². The summed E-state index contributed by atoms with van der Waals surface area (Å²) < 4.78 is 41.3. The average Bonchev–Trinajstić information content (AvgIpc) is 2.40. The van der Waals surface area contributed by atoms with Gasteiger partial charge >= 0.3 is 6.18 Å². The van der Waals surface area contributed by atoms with Crippen molar-refractivity contribution in [2.45, 2.75) is 38.7 Å². The molecule has 0 aromatic heterocycles. The molecule has 1 aliphatic rings. The van der Waals surface area contributed by atoms with Crippen molar-refractivity contribution < 1.29 is 17.9 Å². The minimum Gasteiger partial charge on any atom is -0.484 e. The van der Waals surface area contributed by atoms with E-state index in [1.165, 1.54) is 0 Å². The molecular formula is C15H21F3N2O. The van der Waals surface area contributed by atoms with Gasteiger partial charge in [0.15, 0.2) is 6.61 Å². The predicted octanol–water partition coefficient (Wildman–Crippen LogP) is 2.81. The molecule has 0 radical (unpaired) electrons. The third-order valence-electron chi connectivity index (χ3n) is 3.58. The fourth-order valence-corrected chi connectivity index (χ4v) is 2.45. The van der Waals surface area contributed by atoms with Gasteiger partial charge in [0, 0.05) is 31.7 Å². The third-order valence-corrected chi connectivity index (χ3v) is 3.58. The van der Waals surface area contributed by atoms with Crippen molar-refractivity contribution in [3.63, 3.8) is 0 Å². The molecule has 118 valence electrons. The summed E-state index contributed by atoms with van der Waals surface area (Å²) in [4.78, 5) is 2.32. The summed E-state index contributed by atoms with van der Waals surface area (Å²) in [6, 6.07) is 7.72. The van der Waals surface area contributed by atoms with Gasteiger partial charge in [-0.25, -0.2) is 0 Å². The highest BCUT2D eigenvalue weighted by Gasteiger charge is 2.28. The van der Waals surface area contributed by atoms with E-state index in [0.717, 1.165) is 25.2 Å². The lowest BCUT2D eigenvalue weighted by Crippen LogP contribution is -2.53. The SMILES string of the molecule is CC1CN(Cc2cccc(OCC(F)(F)F)c2)C(C)CN1. The Hall–Kier alpha value is -1.27. The highest BCUT2D eigenvalue weighted by Crippen LogP contribution is 2.21. The molecule has 0 spiro atoms. The van der Waals surface area contributed by atoms with Crippen LogP contribution in [0.4, 0.5) is 13.2 Å². The van der Waals surface area contributed by atoms with Crippen LogP contribution in [0.3, 0.4) is 0 Å². The van der Waals surface area contributed by atoms with E-state index in [0.29, 0.717) is 12.1 Å². The number of rotatable bonds is 4. The van der Waals surface area contributed by atoms with Gasteiger partial charge in [0.1, 0.15) is 5.75 Å². The first kappa shape index (κ1) is 16.1. The van der Waals surface area contributed by atoms with E-state index >= 15 is 0 Å². The lowest BCUT2D eigenvalue weighted by Gasteiger charge is -2.37. The number of alkyl halides is 3. The van der Waals surface area contributed by atoms with Crippen molar-refractivity contribution >= 4 is 0 Å². The molecule has 0 saturated carbocycles. The average molecular weight is 302 g/mol. The Morgan fingerprint density at radius 1 is 1.33 bits per heavy atom. The summed E-state index contributed by atoms with van der Waals surface area (Å²) in [5.74, 6) is 0.265. The Morgan fingerprint density at radius 3 is 2.81 bits per heavy atom. The van der Waals surface area contributed by atoms with Gasteiger partial charge in [-0.05, 0) is 31.5 Å². The zero-order valence-corrected chi connectivity index (χ0v) is 12.3. The van der Waals surface area contributed by atoms with Crippen LogP contribution in [0.15, 0.2) is 24.3 Å². The maximum Gasteiger partial charge on any atom is 0.422 e. The molecule has 2 rings (SSSR count). The standard InChI is InChI=1S/C15H21F3N2O/c1-11-8-20(12(2)7-19-11)9-13-4-3-5-14(6-13)21-10-15(16,17)18/h3-6,11-12,19H,7-10H2,1-2H3. The molecule has 0 aliphatic carbocycles. The number of halogens is 3. The molecule has 6 heteroatoms. The summed E-state index contributed by atoms with van der Waals surface area (Å²) in [7, 11) is 0. The Morgan fingerprint density at radius 2 is 2.10 bits per heavy atom. The summed E-state index contributed by atoms with van der Waals surface area (Å²) in [6.45, 7) is 5.58. The van der Waals surface area contributed by atoms with Crippen LogP contribution < -0.4 is 10.1 Å². The van der Waals surface area contributed by atoms with Crippen LogP contribution >= 0.6 is 0 Å². The van der Waals surface area contributed by atoms with E-state index < -0.39 is 12.8 Å². The molecular weight excluding hydrogens is 281 g/mol. The van der Waals surface area contributed by atoms with Gasteiger partial charge in [-0.1, -0.05) is 12.1 Å². The Labute approximate surface area is 123 Å². The molecule has 1 fully saturated rings. The van der Waals surface area contributed by atoms with Gasteiger partial charge in [0.25, 0.3) is 0 Å². The van der Waals surface area contributed by atoms with Crippen LogP contribution in [-0.4, -0.2) is 42.9 Å². The number of piperazine rings is 1. The zero-order valence-electron chi connectivity index (χ0n) is 12.3. The minimum atomic E-state index is -4.31. The number of ether oxygens (including phenoxy) is 1. The second-order valence-electron chi connectivity index (χ2n) is 5.64. The second-order valence-corrected chi connectivity index (χ2v) is 5.64. The fraction of sp³-hybridized carbons (Fsp3) is 0.600. The van der Waals surface area contributed by atoms with Gasteiger partial charge in [-0.2, -0.15) is 13.2 Å². The second kappa shape index (κ2) is 6.66. The Balaban J connectivity index is 1.97. The first-order valence-corrected chi connectivity index (χ1v) is 7.09. The van der Waals surface area contributed by atoms with Gasteiger partial charge in [-0.3, -0.25) is 4.90 Å². The summed E-state index contributed by atoms with van der Waals surface area (Å²) in [5.41, 5.74) is 0.968. The van der Waals surface area contributed by atoms with Crippen molar-refractivity contribution in [1.29, 1.82) is 0 Å². The van der Waals surface area contributed by atoms with E-state index in [1.54, 1.807) is 18.2 Å². The molecule has 1 aromatic rings. The molecule has 1 N–H and O–H groups in total. The monoisotopic (exact) mass is 302 g/mol. The van der Waals surface area contributed by atoms with Gasteiger partial charge in [-0.15, -0.1) is 0 Å². The highest BCUT2D eigenvalue weighted by molar-refractivity contribution is 5.28. The summed E-state index contributed by atoms with van der Waals surface area (Å²) >= 11 is 0. The smallest absolute Gasteiger partial charge is 0.422 e. The van der Waals surface area contributed by atoms with Crippen LogP contribution in [0.25, 0.3) is 0 Å². The number of nitrogens with zero attached hydrogens (tertiary/aromatic N) is 1. The number of hydrogen-bond acceptors (Lipinski definition) is 3. The molecule has 2 unspecified atom stereocenters. The Kier molecular flexibility index (Phi) is 5.11. The topological polar surface area (TPSA) is 24.5 Å². The number of hydrogen-bond donors (Lipinski definition) is 1. The summed E-state index contributed by atoms with van der Waals surface area (Å²) in [5, 5.41) is 3.40. The molecule has 1 heterocycles. The van der Waals surface area contributed by atoms with Crippen molar-refractivity contribution in [3.05, 3.63) is 29.8 Å². The first-order chi connectivity index (χ1) is 9.83. The number of nitrogens with one attached hydrogen (secondary N) is 1. The summed E-state index contributed by atoms with van der Waals surface area (Å²) in [6.07, 6.45) is -4.31. The molecule has 0 amide bonds. The molecule has 21 heavy (non-hydrogen) atoms. The molecule has 3 nitrogen and oxygen atoms in total. The van der Waals surface area contributed by atoms with E-state index in [2.05, 4.69) is 24.1 Å². The van der Waals surface area contributed by atoms with E-state index in [-0.39, 0.29) is 5.75 Å². The van der Waals surface area contributed by atoms with E-state index in [1.807, 2.05) is 6.07 Å². The quantitative estimate of drug-likeness (QED) is 0.925. The molecule has 2 atom stereocenters. The van der Waals surface area contributed by atoms with Gasteiger partial charge in [0.05, 0.1) is 0 Å². The molecule has 1 saturated heterocycles. The number of benzene rings is 1. The highest BCUT2D eigenvalue weighted by atomic mass is 19.4. The first-order valence-electron chi connectivity index (χ1n) is 7.09. The maximum absolute atomic E-state index is 12.2. The van der Waals surface area contributed by atoms with Crippen LogP contribution in [0, 0.1) is 0 Å². The van der Waals surface area contributed by atoms with Crippen molar-refractivity contribution in [2.75, 3.05) is 19.7 Å². The van der Waals surface area contributed by atoms with Crippen molar-refractivity contribution in [2.24, 2.45) is 0 Å². The normalized spacial score (nSPS) is 24.0. The molecule has 1 aliphatic heterocycles. The maximum atomic E-state index is 12.2. The minimum absolute atomic E-state index is 0.265. The van der Waals surface area contributed by atoms with Gasteiger partial charge < -0.3 is 10.1 Å². The van der Waals surface area contributed by atoms with E-state index in [4.69, 9.17) is 4.74 Å². The lowest BCUT2D eigenvalue weighted by molar-refractivity contribution is -0.153. The van der Waals surface area contributed by atoms with Crippen molar-refractivity contribution in [3.8, 4) is 5.75 Å². The molecule has 0 bridgehead atoms. The van der Waals surface area contributed by atoms with Crippen molar-refractivity contribution in [1.82, 2.24) is 10.2 Å². The van der Waals surface area contributed by atoms with E-state index in [9.17, 15) is 13.2 Å². The van der Waals surface area contributed by atoms with Crippen LogP contribution in [0.2, 0.25) is 0 Å². The lowest BCUT2D eigenvalue weighted by atomic mass is 10.1. The van der Waals surface area contributed by atoms with Crippen LogP contribution in [-0.2, 0) is 6.54 Å². The van der Waals surface area contributed by atoms with Gasteiger partial charge in [0.2, 0.25) is 0 Å². The largest absolute Gasteiger partial charge is 0.484 e.